The first-order chi connectivity index (χ1) is 16.9. The Balaban J connectivity index is 1.59. The molecule has 0 unspecified atom stereocenters. The first-order valence-corrected chi connectivity index (χ1v) is 12.9. The number of carboxylic acid groups (broad SMARTS) is 1. The van der Waals surface area contributed by atoms with Crippen LogP contribution in [0, 0.1) is 3.57 Å². The first-order valence-electron chi connectivity index (χ1n) is 10.6. The van der Waals surface area contributed by atoms with Gasteiger partial charge in [-0.25, -0.2) is 4.79 Å². The number of benzene rings is 3. The maximum atomic E-state index is 13.1. The number of ether oxygens (including phenoxy) is 2. The van der Waals surface area contributed by atoms with Crippen molar-refractivity contribution in [3.8, 4) is 11.5 Å². The van der Waals surface area contributed by atoms with E-state index < -0.39 is 5.97 Å². The molecule has 0 bridgehead atoms. The van der Waals surface area contributed by atoms with Crippen LogP contribution >= 0.6 is 46.6 Å². The van der Waals surface area contributed by atoms with Gasteiger partial charge in [0, 0.05) is 0 Å². The zero-order chi connectivity index (χ0) is 24.9. The van der Waals surface area contributed by atoms with Crippen LogP contribution in [0.3, 0.4) is 0 Å². The molecule has 1 amide bonds. The third kappa shape index (κ3) is 5.85. The highest BCUT2D eigenvalue weighted by molar-refractivity contribution is 14.1. The van der Waals surface area contributed by atoms with Crippen LogP contribution in [-0.2, 0) is 11.4 Å². The van der Waals surface area contributed by atoms with Crippen LogP contribution in [0.2, 0.25) is 0 Å². The van der Waals surface area contributed by atoms with Crippen LogP contribution in [0.15, 0.2) is 71.6 Å². The van der Waals surface area contributed by atoms with Crippen molar-refractivity contribution in [2.75, 3.05) is 11.5 Å². The van der Waals surface area contributed by atoms with Crippen LogP contribution in [0.5, 0.6) is 11.5 Å². The summed E-state index contributed by atoms with van der Waals surface area (Å²) < 4.78 is 13.1. The number of hydrogen-bond donors (Lipinski definition) is 1. The molecule has 0 aromatic heterocycles. The fraction of sp³-hybridized carbons (Fsp3) is 0.115. The number of carbonyl (C=O) groups is 2. The van der Waals surface area contributed by atoms with E-state index in [0.29, 0.717) is 27.3 Å². The molecule has 3 aromatic carbocycles. The van der Waals surface area contributed by atoms with Gasteiger partial charge in [-0.1, -0.05) is 54.3 Å². The maximum absolute atomic E-state index is 13.1. The van der Waals surface area contributed by atoms with E-state index in [1.165, 1.54) is 22.7 Å². The van der Waals surface area contributed by atoms with Crippen molar-refractivity contribution in [2.45, 2.75) is 13.5 Å². The van der Waals surface area contributed by atoms with E-state index in [0.717, 1.165) is 20.4 Å². The molecule has 0 spiro atoms. The summed E-state index contributed by atoms with van der Waals surface area (Å²) >= 11 is 8.88. The van der Waals surface area contributed by atoms with Crippen molar-refractivity contribution in [3.63, 3.8) is 0 Å². The Morgan fingerprint density at radius 2 is 1.89 bits per heavy atom. The summed E-state index contributed by atoms with van der Waals surface area (Å²) in [4.78, 5) is 26.4. The number of aromatic carboxylic acids is 1. The number of halogens is 1. The van der Waals surface area contributed by atoms with Crippen LogP contribution in [0.4, 0.5) is 5.69 Å². The summed E-state index contributed by atoms with van der Waals surface area (Å²) in [5.41, 5.74) is 2.45. The minimum absolute atomic E-state index is 0.169. The summed E-state index contributed by atoms with van der Waals surface area (Å²) in [5.74, 6) is -0.0583. The second-order valence-electron chi connectivity index (χ2n) is 7.41. The SMILES string of the molecule is CCOc1cc(/C=C2/SC(=S)N(c3ccccc3)C2=O)cc(I)c1OCc1cccc(C(=O)O)c1. The highest BCUT2D eigenvalue weighted by atomic mass is 127. The second-order valence-corrected chi connectivity index (χ2v) is 10.2. The fourth-order valence-corrected chi connectivity index (χ4v) is 5.52. The standard InChI is InChI=1S/C26H20INO5S2/c1-2-32-21-13-17(14-22-24(29)28(26(34)35-22)19-9-4-3-5-10-19)12-20(27)23(21)33-15-16-7-6-8-18(11-16)25(30)31/h3-14H,2,15H2,1H3,(H,30,31)/b22-14+. The van der Waals surface area contributed by atoms with Crippen molar-refractivity contribution in [2.24, 2.45) is 0 Å². The molecular weight excluding hydrogens is 597 g/mol. The quantitative estimate of drug-likeness (QED) is 0.179. The molecule has 1 aliphatic rings. The second kappa shape index (κ2) is 11.2. The maximum Gasteiger partial charge on any atom is 0.335 e. The van der Waals surface area contributed by atoms with E-state index >= 15 is 0 Å². The monoisotopic (exact) mass is 617 g/mol. The molecule has 0 radical (unpaired) electrons. The zero-order valence-corrected chi connectivity index (χ0v) is 22.4. The molecule has 4 rings (SSSR count). The van der Waals surface area contributed by atoms with Crippen LogP contribution in [0.25, 0.3) is 6.08 Å². The summed E-state index contributed by atoms with van der Waals surface area (Å²) in [6.07, 6.45) is 1.80. The lowest BCUT2D eigenvalue weighted by molar-refractivity contribution is -0.113. The Bertz CT molecular complexity index is 1330. The number of para-hydroxylation sites is 1. The van der Waals surface area contributed by atoms with Crippen molar-refractivity contribution in [1.29, 1.82) is 0 Å². The van der Waals surface area contributed by atoms with E-state index in [4.69, 9.17) is 21.7 Å². The van der Waals surface area contributed by atoms with Gasteiger partial charge in [0.05, 0.1) is 26.3 Å². The van der Waals surface area contributed by atoms with Crippen LogP contribution in [0.1, 0.15) is 28.4 Å². The number of anilines is 1. The number of nitrogens with zero attached hydrogens (tertiary/aromatic N) is 1. The molecule has 0 aliphatic carbocycles. The molecule has 1 aliphatic heterocycles. The van der Waals surface area contributed by atoms with E-state index in [2.05, 4.69) is 22.6 Å². The molecular formula is C26H20INO5S2. The minimum Gasteiger partial charge on any atom is -0.490 e. The van der Waals surface area contributed by atoms with E-state index in [9.17, 15) is 14.7 Å². The van der Waals surface area contributed by atoms with Gasteiger partial charge in [0.2, 0.25) is 0 Å². The van der Waals surface area contributed by atoms with Gasteiger partial charge in [-0.05, 0) is 83.1 Å². The molecule has 1 saturated heterocycles. The van der Waals surface area contributed by atoms with Gasteiger partial charge in [-0.2, -0.15) is 0 Å². The summed E-state index contributed by atoms with van der Waals surface area (Å²) in [6.45, 7) is 2.50. The minimum atomic E-state index is -0.988. The predicted molar refractivity (Wildman–Crippen MR) is 150 cm³/mol. The lowest BCUT2D eigenvalue weighted by Crippen LogP contribution is -2.27. The van der Waals surface area contributed by atoms with Gasteiger partial charge in [0.15, 0.2) is 15.8 Å². The topological polar surface area (TPSA) is 76.1 Å². The third-order valence-corrected chi connectivity index (χ3v) is 7.10. The smallest absolute Gasteiger partial charge is 0.335 e. The molecule has 0 atom stereocenters. The van der Waals surface area contributed by atoms with E-state index in [1.807, 2.05) is 55.5 Å². The number of thioether (sulfide) groups is 1. The van der Waals surface area contributed by atoms with Gasteiger partial charge in [-0.3, -0.25) is 9.69 Å². The molecule has 35 heavy (non-hydrogen) atoms. The molecule has 1 fully saturated rings. The number of rotatable bonds is 8. The van der Waals surface area contributed by atoms with Crippen molar-refractivity contribution < 1.29 is 24.2 Å². The van der Waals surface area contributed by atoms with Gasteiger partial charge >= 0.3 is 5.97 Å². The summed E-state index contributed by atoms with van der Waals surface area (Å²) in [6, 6.07) is 19.7. The highest BCUT2D eigenvalue weighted by Crippen LogP contribution is 2.39. The molecule has 9 heteroatoms. The Kier molecular flexibility index (Phi) is 8.09. The Labute approximate surface area is 226 Å². The molecule has 178 valence electrons. The number of carboxylic acids is 1. The van der Waals surface area contributed by atoms with Crippen LogP contribution < -0.4 is 14.4 Å². The van der Waals surface area contributed by atoms with Crippen LogP contribution in [-0.4, -0.2) is 27.9 Å². The van der Waals surface area contributed by atoms with Crippen molar-refractivity contribution in [3.05, 3.63) is 91.9 Å². The molecule has 6 nitrogen and oxygen atoms in total. The lowest BCUT2D eigenvalue weighted by Gasteiger charge is -2.15. The normalized spacial score (nSPS) is 14.5. The van der Waals surface area contributed by atoms with E-state index in [-0.39, 0.29) is 18.1 Å². The molecule has 3 aromatic rings. The lowest BCUT2D eigenvalue weighted by atomic mass is 10.1. The third-order valence-electron chi connectivity index (χ3n) is 4.99. The Morgan fingerprint density at radius 1 is 1.11 bits per heavy atom. The number of thiocarbonyl (C=S) groups is 1. The molecule has 1 heterocycles. The van der Waals surface area contributed by atoms with Gasteiger partial charge in [-0.15, -0.1) is 0 Å². The predicted octanol–water partition coefficient (Wildman–Crippen LogP) is 6.37. The molecule has 1 N–H and O–H groups in total. The summed E-state index contributed by atoms with van der Waals surface area (Å²) in [5, 5.41) is 9.21. The summed E-state index contributed by atoms with van der Waals surface area (Å²) in [7, 11) is 0. The van der Waals surface area contributed by atoms with Gasteiger partial charge < -0.3 is 14.6 Å². The Morgan fingerprint density at radius 3 is 2.60 bits per heavy atom. The van der Waals surface area contributed by atoms with Gasteiger partial charge in [0.25, 0.3) is 5.91 Å². The largest absolute Gasteiger partial charge is 0.490 e. The zero-order valence-electron chi connectivity index (χ0n) is 18.6. The number of amides is 1. The van der Waals surface area contributed by atoms with Crippen molar-refractivity contribution >= 4 is 74.5 Å². The Hall–Kier alpha value is -2.89. The highest BCUT2D eigenvalue weighted by Gasteiger charge is 2.33. The number of carbonyl (C=O) groups excluding carboxylic acids is 1. The average Bonchev–Trinajstić information content (AvgIpc) is 3.12. The first kappa shape index (κ1) is 25.2. The van der Waals surface area contributed by atoms with Gasteiger partial charge in [0.1, 0.15) is 6.61 Å². The van der Waals surface area contributed by atoms with E-state index in [1.54, 1.807) is 18.2 Å². The van der Waals surface area contributed by atoms with Crippen molar-refractivity contribution in [1.82, 2.24) is 0 Å². The molecule has 0 saturated carbocycles. The average molecular weight is 617 g/mol. The fourth-order valence-electron chi connectivity index (χ4n) is 3.44. The number of hydrogen-bond acceptors (Lipinski definition) is 6.